The molecular formula is C10H17N3O2. The summed E-state index contributed by atoms with van der Waals surface area (Å²) in [6, 6.07) is 0. The van der Waals surface area contributed by atoms with E-state index in [0.29, 0.717) is 24.9 Å². The van der Waals surface area contributed by atoms with Crippen molar-refractivity contribution >= 4 is 5.82 Å². The van der Waals surface area contributed by atoms with Crippen LogP contribution in [0.3, 0.4) is 0 Å². The Balaban J connectivity index is 2.30. The van der Waals surface area contributed by atoms with Gasteiger partial charge in [0.05, 0.1) is 25.1 Å². The lowest BCUT2D eigenvalue weighted by atomic mass is 10.5. The van der Waals surface area contributed by atoms with Crippen LogP contribution in [0, 0.1) is 0 Å². The Labute approximate surface area is 89.8 Å². The molecule has 0 aromatic carbocycles. The number of nitrogens with zero attached hydrogens (tertiary/aromatic N) is 2. The predicted octanol–water partition coefficient (Wildman–Crippen LogP) is 1.32. The fraction of sp³-hybridized carbons (Fsp3) is 0.600. The highest BCUT2D eigenvalue weighted by atomic mass is 16.5. The maximum atomic E-state index is 5.36. The number of aromatic nitrogens is 2. The first kappa shape index (κ1) is 11.7. The normalized spacial score (nSPS) is 10.4. The van der Waals surface area contributed by atoms with Gasteiger partial charge in [0.15, 0.2) is 0 Å². The Hall–Kier alpha value is -1.36. The summed E-state index contributed by atoms with van der Waals surface area (Å²) in [6.45, 7) is 5.02. The van der Waals surface area contributed by atoms with Crippen molar-refractivity contribution in [1.82, 2.24) is 9.97 Å². The zero-order valence-corrected chi connectivity index (χ0v) is 9.36. The molecule has 15 heavy (non-hydrogen) atoms. The van der Waals surface area contributed by atoms with Crippen LogP contribution in [0.5, 0.6) is 5.88 Å². The Morgan fingerprint density at radius 3 is 2.80 bits per heavy atom. The fourth-order valence-corrected chi connectivity index (χ4v) is 0.968. The van der Waals surface area contributed by atoms with Crippen molar-refractivity contribution in [3.05, 3.63) is 12.4 Å². The van der Waals surface area contributed by atoms with Crippen LogP contribution in [-0.4, -0.2) is 36.3 Å². The molecule has 0 atom stereocenters. The first-order valence-corrected chi connectivity index (χ1v) is 4.96. The van der Waals surface area contributed by atoms with Crippen molar-refractivity contribution in [3.63, 3.8) is 0 Å². The number of hydrogen-bond donors (Lipinski definition) is 1. The van der Waals surface area contributed by atoms with Gasteiger partial charge in [-0.05, 0) is 13.8 Å². The molecule has 0 radical (unpaired) electrons. The molecule has 1 aromatic rings. The van der Waals surface area contributed by atoms with Crippen molar-refractivity contribution in [2.45, 2.75) is 20.0 Å². The SMILES string of the molecule is CNc1cncc(OCCOC(C)C)n1. The molecule has 0 saturated carbocycles. The van der Waals surface area contributed by atoms with E-state index < -0.39 is 0 Å². The molecule has 0 spiro atoms. The van der Waals surface area contributed by atoms with E-state index >= 15 is 0 Å². The molecule has 1 N–H and O–H groups in total. The van der Waals surface area contributed by atoms with Gasteiger partial charge in [0.2, 0.25) is 5.88 Å². The second-order valence-electron chi connectivity index (χ2n) is 3.26. The van der Waals surface area contributed by atoms with Crippen molar-refractivity contribution in [2.75, 3.05) is 25.6 Å². The maximum absolute atomic E-state index is 5.36. The smallest absolute Gasteiger partial charge is 0.234 e. The van der Waals surface area contributed by atoms with E-state index in [0.717, 1.165) is 0 Å². The molecule has 0 unspecified atom stereocenters. The molecular weight excluding hydrogens is 194 g/mol. The third-order valence-corrected chi connectivity index (χ3v) is 1.65. The summed E-state index contributed by atoms with van der Waals surface area (Å²) in [5, 5.41) is 2.89. The molecule has 84 valence electrons. The van der Waals surface area contributed by atoms with Gasteiger partial charge in [-0.2, -0.15) is 4.98 Å². The summed E-state index contributed by atoms with van der Waals surface area (Å²) in [5.74, 6) is 1.20. The van der Waals surface area contributed by atoms with Gasteiger partial charge in [-0.15, -0.1) is 0 Å². The molecule has 0 amide bonds. The molecule has 5 heteroatoms. The molecule has 0 aliphatic heterocycles. The number of anilines is 1. The summed E-state index contributed by atoms with van der Waals surface area (Å²) in [4.78, 5) is 8.14. The van der Waals surface area contributed by atoms with Gasteiger partial charge < -0.3 is 14.8 Å². The molecule has 1 heterocycles. The standard InChI is InChI=1S/C10H17N3O2/c1-8(2)14-4-5-15-10-7-12-6-9(11-3)13-10/h6-8H,4-5H2,1-3H3,(H,11,13). The van der Waals surface area contributed by atoms with Gasteiger partial charge in [-0.25, -0.2) is 0 Å². The molecule has 0 saturated heterocycles. The zero-order valence-electron chi connectivity index (χ0n) is 9.36. The van der Waals surface area contributed by atoms with Gasteiger partial charge in [0.1, 0.15) is 12.4 Å². The zero-order chi connectivity index (χ0) is 11.1. The van der Waals surface area contributed by atoms with Crippen LogP contribution in [0.1, 0.15) is 13.8 Å². The third-order valence-electron chi connectivity index (χ3n) is 1.65. The van der Waals surface area contributed by atoms with E-state index in [1.165, 1.54) is 0 Å². The van der Waals surface area contributed by atoms with Gasteiger partial charge >= 0.3 is 0 Å². The van der Waals surface area contributed by atoms with Gasteiger partial charge in [-0.3, -0.25) is 4.98 Å². The summed E-state index contributed by atoms with van der Waals surface area (Å²) in [6.07, 6.45) is 3.44. The molecule has 1 aromatic heterocycles. The predicted molar refractivity (Wildman–Crippen MR) is 58.2 cm³/mol. The minimum Gasteiger partial charge on any atom is -0.474 e. The molecule has 0 aliphatic rings. The van der Waals surface area contributed by atoms with Crippen LogP contribution in [-0.2, 0) is 4.74 Å². The van der Waals surface area contributed by atoms with E-state index in [9.17, 15) is 0 Å². The van der Waals surface area contributed by atoms with Crippen LogP contribution in [0.15, 0.2) is 12.4 Å². The van der Waals surface area contributed by atoms with E-state index in [-0.39, 0.29) is 6.10 Å². The summed E-state index contributed by atoms with van der Waals surface area (Å²) < 4.78 is 10.7. The van der Waals surface area contributed by atoms with E-state index in [4.69, 9.17) is 9.47 Å². The number of hydrogen-bond acceptors (Lipinski definition) is 5. The van der Waals surface area contributed by atoms with Crippen LogP contribution in [0.25, 0.3) is 0 Å². The summed E-state index contributed by atoms with van der Waals surface area (Å²) in [7, 11) is 1.79. The Kier molecular flexibility index (Phi) is 4.83. The highest BCUT2D eigenvalue weighted by molar-refractivity contribution is 5.31. The lowest BCUT2D eigenvalue weighted by Gasteiger charge is -2.08. The van der Waals surface area contributed by atoms with Crippen LogP contribution in [0.2, 0.25) is 0 Å². The first-order valence-electron chi connectivity index (χ1n) is 4.96. The highest BCUT2D eigenvalue weighted by Gasteiger charge is 1.98. The monoisotopic (exact) mass is 211 g/mol. The average Bonchev–Trinajstić information content (AvgIpc) is 2.24. The number of nitrogens with one attached hydrogen (secondary N) is 1. The van der Waals surface area contributed by atoms with E-state index in [1.54, 1.807) is 19.4 Å². The number of rotatable bonds is 6. The Morgan fingerprint density at radius 2 is 2.13 bits per heavy atom. The molecule has 1 rings (SSSR count). The topological polar surface area (TPSA) is 56.3 Å². The van der Waals surface area contributed by atoms with Crippen molar-refractivity contribution in [2.24, 2.45) is 0 Å². The number of ether oxygens (including phenoxy) is 2. The van der Waals surface area contributed by atoms with Crippen LogP contribution in [0.4, 0.5) is 5.82 Å². The minimum absolute atomic E-state index is 0.225. The fourth-order valence-electron chi connectivity index (χ4n) is 0.968. The molecule has 0 bridgehead atoms. The largest absolute Gasteiger partial charge is 0.474 e. The van der Waals surface area contributed by atoms with Crippen molar-refractivity contribution in [1.29, 1.82) is 0 Å². The van der Waals surface area contributed by atoms with Gasteiger partial charge in [-0.1, -0.05) is 0 Å². The van der Waals surface area contributed by atoms with Crippen molar-refractivity contribution < 1.29 is 9.47 Å². The summed E-state index contributed by atoms with van der Waals surface area (Å²) in [5.41, 5.74) is 0. The van der Waals surface area contributed by atoms with E-state index in [1.807, 2.05) is 13.8 Å². The second-order valence-corrected chi connectivity index (χ2v) is 3.26. The molecule has 0 aliphatic carbocycles. The highest BCUT2D eigenvalue weighted by Crippen LogP contribution is 2.07. The third kappa shape index (κ3) is 4.60. The van der Waals surface area contributed by atoms with Gasteiger partial charge in [0.25, 0.3) is 0 Å². The maximum Gasteiger partial charge on any atom is 0.234 e. The molecule has 5 nitrogen and oxygen atoms in total. The minimum atomic E-state index is 0.225. The first-order chi connectivity index (χ1) is 7.22. The quantitative estimate of drug-likeness (QED) is 0.719. The Morgan fingerprint density at radius 1 is 1.33 bits per heavy atom. The van der Waals surface area contributed by atoms with E-state index in [2.05, 4.69) is 15.3 Å². The average molecular weight is 211 g/mol. The lowest BCUT2D eigenvalue weighted by Crippen LogP contribution is -2.12. The van der Waals surface area contributed by atoms with Crippen LogP contribution >= 0.6 is 0 Å². The lowest BCUT2D eigenvalue weighted by molar-refractivity contribution is 0.0542. The second kappa shape index (κ2) is 6.19. The van der Waals surface area contributed by atoms with Gasteiger partial charge in [0, 0.05) is 7.05 Å². The van der Waals surface area contributed by atoms with Crippen LogP contribution < -0.4 is 10.1 Å². The molecule has 0 fully saturated rings. The van der Waals surface area contributed by atoms with Crippen molar-refractivity contribution in [3.8, 4) is 5.88 Å². The Bertz CT molecular complexity index is 292. The summed E-state index contributed by atoms with van der Waals surface area (Å²) >= 11 is 0.